The molecule has 1 aliphatic heterocycles. The number of alkyl halides is 2. The molecule has 1 aromatic heterocycles. The van der Waals surface area contributed by atoms with Crippen molar-refractivity contribution in [1.82, 2.24) is 15.2 Å². The van der Waals surface area contributed by atoms with E-state index in [1.165, 1.54) is 12.7 Å². The summed E-state index contributed by atoms with van der Waals surface area (Å²) >= 11 is 0. The van der Waals surface area contributed by atoms with E-state index in [1.54, 1.807) is 0 Å². The van der Waals surface area contributed by atoms with Crippen LogP contribution in [0, 0.1) is 0 Å². The number of esters is 1. The molecule has 0 bridgehead atoms. The molecule has 0 fully saturated rings. The molecule has 0 aliphatic carbocycles. The third-order valence-electron chi connectivity index (χ3n) is 6.63. The molecule has 2 heterocycles. The molecule has 40 heavy (non-hydrogen) atoms. The molecule has 0 saturated carbocycles. The molecule has 2 N–H and O–H groups in total. The number of hydrogen-bond donors (Lipinski definition) is 2. The number of pyridine rings is 1. The molecule has 0 spiro atoms. The van der Waals surface area contributed by atoms with Gasteiger partial charge in [-0.25, -0.2) is 23.4 Å². The van der Waals surface area contributed by atoms with Gasteiger partial charge in [-0.05, 0) is 62.3 Å². The highest BCUT2D eigenvalue weighted by atomic mass is 19.3. The molecule has 9 nitrogen and oxygen atoms in total. The zero-order valence-electron chi connectivity index (χ0n) is 23.1. The lowest BCUT2D eigenvalue weighted by molar-refractivity contribution is -0.143. The fourth-order valence-corrected chi connectivity index (χ4v) is 4.46. The highest BCUT2D eigenvalue weighted by Gasteiger charge is 2.23. The first-order chi connectivity index (χ1) is 19.4. The third-order valence-corrected chi connectivity index (χ3v) is 6.63. The van der Waals surface area contributed by atoms with E-state index in [0.717, 1.165) is 55.7 Å². The van der Waals surface area contributed by atoms with E-state index in [4.69, 9.17) is 19.2 Å². The minimum atomic E-state index is -2.53. The van der Waals surface area contributed by atoms with Gasteiger partial charge in [0.1, 0.15) is 25.1 Å². The summed E-state index contributed by atoms with van der Waals surface area (Å²) in [6.07, 6.45) is 1.74. The van der Waals surface area contributed by atoms with Gasteiger partial charge in [-0.1, -0.05) is 36.4 Å². The summed E-state index contributed by atoms with van der Waals surface area (Å²) in [5.41, 5.74) is 3.11. The summed E-state index contributed by atoms with van der Waals surface area (Å²) in [6, 6.07) is 12.5. The molecule has 11 heteroatoms. The van der Waals surface area contributed by atoms with Crippen molar-refractivity contribution in [3.8, 4) is 0 Å². The van der Waals surface area contributed by atoms with E-state index in [9.17, 15) is 18.4 Å². The van der Waals surface area contributed by atoms with Crippen LogP contribution in [0.15, 0.2) is 42.5 Å². The number of benzene rings is 1. The van der Waals surface area contributed by atoms with E-state index in [2.05, 4.69) is 22.8 Å². The maximum Gasteiger partial charge on any atom is 0.408 e. The number of anilines is 1. The Labute approximate surface area is 234 Å². The van der Waals surface area contributed by atoms with Gasteiger partial charge in [-0.2, -0.15) is 0 Å². The normalized spacial score (nSPS) is 13.4. The van der Waals surface area contributed by atoms with Gasteiger partial charge < -0.3 is 29.7 Å². The molecule has 0 unspecified atom stereocenters. The molecule has 0 saturated heterocycles. The van der Waals surface area contributed by atoms with Crippen LogP contribution in [0.5, 0.6) is 0 Å². The monoisotopic (exact) mass is 562 g/mol. The van der Waals surface area contributed by atoms with Gasteiger partial charge in [0.05, 0.1) is 13.7 Å². The second kappa shape index (κ2) is 17.4. The molecule has 3 rings (SSSR count). The fraction of sp³-hybridized carbons (Fsp3) is 0.552. The van der Waals surface area contributed by atoms with E-state index >= 15 is 0 Å². The summed E-state index contributed by atoms with van der Waals surface area (Å²) in [5, 5.41) is 5.94. The summed E-state index contributed by atoms with van der Waals surface area (Å²) < 4.78 is 40.2. The molecular weight excluding hydrogens is 522 g/mol. The Bertz CT molecular complexity index is 1040. The summed E-state index contributed by atoms with van der Waals surface area (Å²) in [5.74, 6) is 0.392. The lowest BCUT2D eigenvalue weighted by atomic mass is 10.1. The second-order valence-electron chi connectivity index (χ2n) is 9.68. The zero-order chi connectivity index (χ0) is 28.6. The van der Waals surface area contributed by atoms with E-state index in [1.807, 2.05) is 35.2 Å². The van der Waals surface area contributed by atoms with Gasteiger partial charge >= 0.3 is 12.1 Å². The standard InChI is InChI=1S/C29H40F2N4O5/c1-38-28(36)25(34-29(37)40-20-22-8-3-2-4-9-22)14-17-35(18-19-39-21-26(30)31)16-6-5-11-24-13-12-23-10-7-15-32-27(23)33-24/h2-4,8-9,12-13,25-26H,5-7,10-11,14-21H2,1H3,(H,32,33)(H,34,37)/t25-/m0/s1. The summed E-state index contributed by atoms with van der Waals surface area (Å²) in [7, 11) is 1.26. The third kappa shape index (κ3) is 11.4. The van der Waals surface area contributed by atoms with Crippen LogP contribution < -0.4 is 10.6 Å². The van der Waals surface area contributed by atoms with Crippen LogP contribution in [-0.4, -0.2) is 80.9 Å². The van der Waals surface area contributed by atoms with Crippen LogP contribution in [0.3, 0.4) is 0 Å². The smallest absolute Gasteiger partial charge is 0.408 e. The van der Waals surface area contributed by atoms with Crippen LogP contribution in [0.4, 0.5) is 19.4 Å². The highest BCUT2D eigenvalue weighted by molar-refractivity contribution is 5.81. The maximum atomic E-state index is 12.5. The van der Waals surface area contributed by atoms with E-state index < -0.39 is 31.1 Å². The second-order valence-corrected chi connectivity index (χ2v) is 9.68. The molecule has 1 amide bonds. The van der Waals surface area contributed by atoms with Crippen molar-refractivity contribution < 1.29 is 32.6 Å². The average molecular weight is 563 g/mol. The first kappa shape index (κ1) is 31.2. The molecule has 2 aromatic rings. The quantitative estimate of drug-likeness (QED) is 0.219. The van der Waals surface area contributed by atoms with Crippen LogP contribution in [0.1, 0.15) is 42.5 Å². The van der Waals surface area contributed by atoms with Gasteiger partial charge in [-0.3, -0.25) is 0 Å². The topological polar surface area (TPSA) is 102 Å². The van der Waals surface area contributed by atoms with Crippen LogP contribution in [-0.2, 0) is 38.5 Å². The number of aryl methyl sites for hydroxylation is 2. The van der Waals surface area contributed by atoms with Crippen LogP contribution in [0.25, 0.3) is 0 Å². The SMILES string of the molecule is COC(=O)[C@H](CCN(CCCCc1ccc2c(n1)NCCC2)CCOCC(F)F)NC(=O)OCc1ccccc1. The number of fused-ring (bicyclic) bond motifs is 1. The molecular formula is C29H40F2N4O5. The Morgan fingerprint density at radius 1 is 1.10 bits per heavy atom. The predicted molar refractivity (Wildman–Crippen MR) is 147 cm³/mol. The van der Waals surface area contributed by atoms with Crippen molar-refractivity contribution in [1.29, 1.82) is 0 Å². The van der Waals surface area contributed by atoms with Crippen molar-refractivity contribution in [2.45, 2.75) is 57.6 Å². The Hall–Kier alpha value is -3.31. The first-order valence-electron chi connectivity index (χ1n) is 13.8. The number of alkyl carbamates (subject to hydrolysis) is 1. The van der Waals surface area contributed by atoms with Crippen molar-refractivity contribution in [2.75, 3.05) is 51.8 Å². The number of nitrogens with zero attached hydrogens (tertiary/aromatic N) is 2. The number of ether oxygens (including phenoxy) is 3. The molecule has 220 valence electrons. The van der Waals surface area contributed by atoms with Gasteiger partial charge in [0.25, 0.3) is 6.43 Å². The number of carbonyl (C=O) groups excluding carboxylic acids is 2. The molecule has 1 aliphatic rings. The summed E-state index contributed by atoms with van der Waals surface area (Å²) in [4.78, 5) is 31.5. The van der Waals surface area contributed by atoms with Crippen molar-refractivity contribution in [3.63, 3.8) is 0 Å². The zero-order valence-corrected chi connectivity index (χ0v) is 23.1. The van der Waals surface area contributed by atoms with Gasteiger partial charge in [0.15, 0.2) is 0 Å². The number of halogens is 2. The average Bonchev–Trinajstić information content (AvgIpc) is 2.97. The number of amides is 1. The number of hydrogen-bond acceptors (Lipinski definition) is 8. The largest absolute Gasteiger partial charge is 0.467 e. The number of rotatable bonds is 17. The maximum absolute atomic E-state index is 12.5. The molecule has 1 atom stereocenters. The molecule has 0 radical (unpaired) electrons. The van der Waals surface area contributed by atoms with E-state index in [0.29, 0.717) is 19.6 Å². The lowest BCUT2D eigenvalue weighted by Gasteiger charge is -2.25. The minimum absolute atomic E-state index is 0.0727. The number of carbonyl (C=O) groups is 2. The van der Waals surface area contributed by atoms with Crippen molar-refractivity contribution in [3.05, 3.63) is 59.3 Å². The van der Waals surface area contributed by atoms with Gasteiger partial charge in [0.2, 0.25) is 0 Å². The van der Waals surface area contributed by atoms with Crippen LogP contribution >= 0.6 is 0 Å². The van der Waals surface area contributed by atoms with Crippen molar-refractivity contribution >= 4 is 17.9 Å². The van der Waals surface area contributed by atoms with Crippen LogP contribution in [0.2, 0.25) is 0 Å². The number of nitrogens with one attached hydrogen (secondary N) is 2. The van der Waals surface area contributed by atoms with E-state index in [-0.39, 0.29) is 19.6 Å². The number of aromatic nitrogens is 1. The van der Waals surface area contributed by atoms with Gasteiger partial charge in [0, 0.05) is 25.3 Å². The first-order valence-corrected chi connectivity index (χ1v) is 13.8. The minimum Gasteiger partial charge on any atom is -0.467 e. The fourth-order valence-electron chi connectivity index (χ4n) is 4.46. The Morgan fingerprint density at radius 2 is 1.93 bits per heavy atom. The summed E-state index contributed by atoms with van der Waals surface area (Å²) in [6.45, 7) is 2.05. The lowest BCUT2D eigenvalue weighted by Crippen LogP contribution is -2.44. The number of methoxy groups -OCH3 is 1. The van der Waals surface area contributed by atoms with Crippen molar-refractivity contribution in [2.24, 2.45) is 0 Å². The predicted octanol–water partition coefficient (Wildman–Crippen LogP) is 4.20. The van der Waals surface area contributed by atoms with Gasteiger partial charge in [-0.15, -0.1) is 0 Å². The Balaban J connectivity index is 1.48. The molecule has 1 aromatic carbocycles. The number of unbranched alkanes of at least 4 members (excludes halogenated alkanes) is 1. The Morgan fingerprint density at radius 3 is 2.70 bits per heavy atom. The Kier molecular flexibility index (Phi) is 13.6. The highest BCUT2D eigenvalue weighted by Crippen LogP contribution is 2.20.